The van der Waals surface area contributed by atoms with Gasteiger partial charge in [-0.15, -0.1) is 0 Å². The van der Waals surface area contributed by atoms with Gasteiger partial charge in [-0.25, -0.2) is 12.7 Å². The standard InChI is InChI=1S/C22H32N2O3S/c1-4-5-14-28(26,27)24-12-10-17(11-13-24)21(25)15-20-19-9-7-6-8-18(19)16-22(2,3)23-20/h6-9,15,17,23H,4-5,10-14,16H2,1-3H3/b20-15+. The number of unbranched alkanes of at least 4 members (excludes halogenated alkanes) is 1. The summed E-state index contributed by atoms with van der Waals surface area (Å²) in [6, 6.07) is 8.21. The van der Waals surface area contributed by atoms with Crippen molar-refractivity contribution >= 4 is 21.5 Å². The molecule has 0 spiro atoms. The average Bonchev–Trinajstić information content (AvgIpc) is 2.65. The van der Waals surface area contributed by atoms with Crippen molar-refractivity contribution in [2.24, 2.45) is 5.92 Å². The van der Waals surface area contributed by atoms with Crippen LogP contribution >= 0.6 is 0 Å². The summed E-state index contributed by atoms with van der Waals surface area (Å²) in [5, 5.41) is 3.51. The van der Waals surface area contributed by atoms with Crippen molar-refractivity contribution < 1.29 is 13.2 Å². The number of hydrogen-bond acceptors (Lipinski definition) is 4. The molecule has 3 rings (SSSR count). The van der Waals surface area contributed by atoms with E-state index in [4.69, 9.17) is 0 Å². The number of rotatable bonds is 6. The van der Waals surface area contributed by atoms with Gasteiger partial charge in [0.1, 0.15) is 0 Å². The number of fused-ring (bicyclic) bond motifs is 1. The zero-order valence-corrected chi connectivity index (χ0v) is 18.0. The monoisotopic (exact) mass is 404 g/mol. The smallest absolute Gasteiger partial charge is 0.214 e. The lowest BCUT2D eigenvalue weighted by molar-refractivity contribution is -0.119. The van der Waals surface area contributed by atoms with Crippen molar-refractivity contribution in [2.75, 3.05) is 18.8 Å². The minimum absolute atomic E-state index is 0.0978. The fraction of sp³-hybridized carbons (Fsp3) is 0.591. The van der Waals surface area contributed by atoms with E-state index in [1.807, 2.05) is 19.1 Å². The van der Waals surface area contributed by atoms with E-state index in [1.165, 1.54) is 5.56 Å². The fourth-order valence-electron chi connectivity index (χ4n) is 4.14. The predicted octanol–water partition coefficient (Wildman–Crippen LogP) is 3.36. The van der Waals surface area contributed by atoms with E-state index in [1.54, 1.807) is 10.4 Å². The Labute approximate surface area is 169 Å². The normalized spacial score (nSPS) is 21.9. The maximum atomic E-state index is 12.9. The molecule has 1 saturated heterocycles. The zero-order valence-electron chi connectivity index (χ0n) is 17.2. The Balaban J connectivity index is 1.69. The number of nitrogens with zero attached hydrogens (tertiary/aromatic N) is 1. The van der Waals surface area contributed by atoms with Gasteiger partial charge >= 0.3 is 0 Å². The number of nitrogens with one attached hydrogen (secondary N) is 1. The van der Waals surface area contributed by atoms with Crippen molar-refractivity contribution in [3.63, 3.8) is 0 Å². The van der Waals surface area contributed by atoms with Crippen molar-refractivity contribution in [2.45, 2.75) is 58.4 Å². The molecule has 0 aliphatic carbocycles. The topological polar surface area (TPSA) is 66.5 Å². The van der Waals surface area contributed by atoms with Gasteiger partial charge in [-0.3, -0.25) is 4.79 Å². The Bertz CT molecular complexity index is 850. The molecule has 2 aliphatic rings. The summed E-state index contributed by atoms with van der Waals surface area (Å²) in [7, 11) is -3.18. The highest BCUT2D eigenvalue weighted by atomic mass is 32.2. The molecule has 1 aromatic rings. The molecule has 2 aliphatic heterocycles. The van der Waals surface area contributed by atoms with Gasteiger partial charge < -0.3 is 5.32 Å². The molecule has 6 heteroatoms. The second kappa shape index (κ2) is 8.37. The summed E-state index contributed by atoms with van der Waals surface area (Å²) in [6.07, 6.45) is 5.41. The van der Waals surface area contributed by atoms with Crippen LogP contribution in [-0.2, 0) is 21.2 Å². The van der Waals surface area contributed by atoms with Crippen LogP contribution in [0.4, 0.5) is 0 Å². The molecule has 0 amide bonds. The quantitative estimate of drug-likeness (QED) is 0.739. The molecule has 1 fully saturated rings. The second-order valence-corrected chi connectivity index (χ2v) is 10.7. The molecular weight excluding hydrogens is 372 g/mol. The molecule has 1 aromatic carbocycles. The first kappa shape index (κ1) is 21.1. The van der Waals surface area contributed by atoms with E-state index in [9.17, 15) is 13.2 Å². The van der Waals surface area contributed by atoms with Gasteiger partial charge in [-0.05, 0) is 45.1 Å². The van der Waals surface area contributed by atoms with Crippen LogP contribution in [-0.4, -0.2) is 42.9 Å². The molecular formula is C22H32N2O3S. The number of ketones is 1. The minimum atomic E-state index is -3.18. The van der Waals surface area contributed by atoms with Gasteiger partial charge in [-0.1, -0.05) is 37.6 Å². The molecule has 1 N–H and O–H groups in total. The van der Waals surface area contributed by atoms with Crippen LogP contribution < -0.4 is 5.32 Å². The van der Waals surface area contributed by atoms with Crippen LogP contribution in [0, 0.1) is 5.92 Å². The van der Waals surface area contributed by atoms with Crippen molar-refractivity contribution in [3.05, 3.63) is 41.5 Å². The van der Waals surface area contributed by atoms with Gasteiger partial charge in [0.2, 0.25) is 10.0 Å². The molecule has 0 aromatic heterocycles. The first-order valence-corrected chi connectivity index (χ1v) is 11.9. The largest absolute Gasteiger partial charge is 0.379 e. The van der Waals surface area contributed by atoms with Crippen molar-refractivity contribution in [1.82, 2.24) is 9.62 Å². The van der Waals surface area contributed by atoms with Gasteiger partial charge in [0.15, 0.2) is 5.78 Å². The summed E-state index contributed by atoms with van der Waals surface area (Å²) in [5.41, 5.74) is 3.13. The molecule has 0 saturated carbocycles. The molecule has 5 nitrogen and oxygen atoms in total. The van der Waals surface area contributed by atoms with E-state index in [0.717, 1.165) is 24.1 Å². The first-order chi connectivity index (χ1) is 13.2. The zero-order chi connectivity index (χ0) is 20.4. The summed E-state index contributed by atoms with van der Waals surface area (Å²) in [5.74, 6) is 0.201. The third-order valence-electron chi connectivity index (χ3n) is 5.71. The third kappa shape index (κ3) is 4.84. The number of benzene rings is 1. The van der Waals surface area contributed by atoms with Crippen LogP contribution in [0.3, 0.4) is 0 Å². The number of hydrogen-bond donors (Lipinski definition) is 1. The predicted molar refractivity (Wildman–Crippen MR) is 113 cm³/mol. The van der Waals surface area contributed by atoms with Crippen LogP contribution in [0.1, 0.15) is 57.6 Å². The van der Waals surface area contributed by atoms with E-state index >= 15 is 0 Å². The van der Waals surface area contributed by atoms with Crippen LogP contribution in [0.2, 0.25) is 0 Å². The van der Waals surface area contributed by atoms with Crippen molar-refractivity contribution in [1.29, 1.82) is 0 Å². The SMILES string of the molecule is CCCCS(=O)(=O)N1CCC(C(=O)/C=C2/NC(C)(C)Cc3ccccc32)CC1. The van der Waals surface area contributed by atoms with E-state index in [0.29, 0.717) is 32.4 Å². The van der Waals surface area contributed by atoms with Crippen LogP contribution in [0.5, 0.6) is 0 Å². The lowest BCUT2D eigenvalue weighted by Crippen LogP contribution is -2.44. The number of piperidine rings is 1. The highest BCUT2D eigenvalue weighted by molar-refractivity contribution is 7.89. The van der Waals surface area contributed by atoms with Crippen LogP contribution in [0.25, 0.3) is 5.70 Å². The highest BCUT2D eigenvalue weighted by Gasteiger charge is 2.32. The maximum absolute atomic E-state index is 12.9. The second-order valence-electron chi connectivity index (χ2n) is 8.65. The lowest BCUT2D eigenvalue weighted by Gasteiger charge is -2.36. The molecule has 0 radical (unpaired) electrons. The Hall–Kier alpha value is -1.66. The van der Waals surface area contributed by atoms with E-state index in [2.05, 4.69) is 31.3 Å². The Morgan fingerprint density at radius 1 is 1.25 bits per heavy atom. The molecule has 0 unspecified atom stereocenters. The average molecular weight is 405 g/mol. The molecule has 154 valence electrons. The van der Waals surface area contributed by atoms with Gasteiger partial charge in [-0.2, -0.15) is 0 Å². The lowest BCUT2D eigenvalue weighted by atomic mass is 9.84. The van der Waals surface area contributed by atoms with Crippen LogP contribution in [0.15, 0.2) is 30.3 Å². The Morgan fingerprint density at radius 3 is 2.61 bits per heavy atom. The molecule has 0 bridgehead atoms. The number of allylic oxidation sites excluding steroid dienone is 1. The van der Waals surface area contributed by atoms with Crippen molar-refractivity contribution in [3.8, 4) is 0 Å². The summed E-state index contributed by atoms with van der Waals surface area (Å²) >= 11 is 0. The molecule has 28 heavy (non-hydrogen) atoms. The highest BCUT2D eigenvalue weighted by Crippen LogP contribution is 2.30. The first-order valence-electron chi connectivity index (χ1n) is 10.3. The summed E-state index contributed by atoms with van der Waals surface area (Å²) in [4.78, 5) is 12.9. The Kier molecular flexibility index (Phi) is 6.30. The number of carbonyl (C=O) groups excluding carboxylic acids is 1. The van der Waals surface area contributed by atoms with E-state index in [-0.39, 0.29) is 23.0 Å². The Morgan fingerprint density at radius 2 is 1.93 bits per heavy atom. The minimum Gasteiger partial charge on any atom is -0.379 e. The molecule has 2 heterocycles. The van der Waals surface area contributed by atoms with Gasteiger partial charge in [0, 0.05) is 41.9 Å². The maximum Gasteiger partial charge on any atom is 0.214 e. The number of sulfonamides is 1. The van der Waals surface area contributed by atoms with E-state index < -0.39 is 10.0 Å². The van der Waals surface area contributed by atoms with Gasteiger partial charge in [0.05, 0.1) is 5.75 Å². The third-order valence-corrected chi connectivity index (χ3v) is 7.66. The molecule has 0 atom stereocenters. The summed E-state index contributed by atoms with van der Waals surface area (Å²) < 4.78 is 26.3. The fourth-order valence-corrected chi connectivity index (χ4v) is 5.82. The van der Waals surface area contributed by atoms with Gasteiger partial charge in [0.25, 0.3) is 0 Å². The number of carbonyl (C=O) groups is 1. The summed E-state index contributed by atoms with van der Waals surface area (Å²) in [6.45, 7) is 7.16.